The minimum atomic E-state index is -0.504. The number of hydrogen-bond donors (Lipinski definition) is 0. The molecule has 0 bridgehead atoms. The van der Waals surface area contributed by atoms with Gasteiger partial charge in [0.15, 0.2) is 5.82 Å². The van der Waals surface area contributed by atoms with Crippen molar-refractivity contribution < 1.29 is 4.79 Å². The molecule has 0 spiro atoms. The summed E-state index contributed by atoms with van der Waals surface area (Å²) >= 11 is 0. The maximum atomic E-state index is 13.1. The van der Waals surface area contributed by atoms with Crippen LogP contribution in [0.15, 0.2) is 42.6 Å². The number of carbonyl (C=O) groups excluding carboxylic acids is 1. The van der Waals surface area contributed by atoms with E-state index in [1.165, 1.54) is 0 Å². The van der Waals surface area contributed by atoms with E-state index in [0.29, 0.717) is 11.8 Å². The summed E-state index contributed by atoms with van der Waals surface area (Å²) in [5.74, 6) is 1.21. The maximum absolute atomic E-state index is 13.1. The zero-order valence-corrected chi connectivity index (χ0v) is 15.4. The molecule has 0 radical (unpaired) electrons. The summed E-state index contributed by atoms with van der Waals surface area (Å²) in [5.41, 5.74) is 3.32. The largest absolute Gasteiger partial charge is 0.273 e. The van der Waals surface area contributed by atoms with E-state index in [1.54, 1.807) is 29.7 Å². The molecule has 26 heavy (non-hydrogen) atoms. The van der Waals surface area contributed by atoms with E-state index in [-0.39, 0.29) is 11.8 Å². The topological polar surface area (TPSA) is 71.9 Å². The van der Waals surface area contributed by atoms with E-state index in [4.69, 9.17) is 0 Å². The first-order valence-electron chi connectivity index (χ1n) is 8.72. The quantitative estimate of drug-likeness (QED) is 0.834. The van der Waals surface area contributed by atoms with Gasteiger partial charge in [-0.15, -0.1) is 0 Å². The maximum Gasteiger partial charge on any atom is 0.240 e. The van der Waals surface area contributed by atoms with Gasteiger partial charge in [-0.3, -0.25) is 9.69 Å². The number of amides is 1. The van der Waals surface area contributed by atoms with Crippen LogP contribution in [0.1, 0.15) is 37.2 Å². The van der Waals surface area contributed by atoms with Gasteiger partial charge in [-0.05, 0) is 37.5 Å². The standard InChI is InChI=1S/C20H21N5O/c1-12-8-21-17(22-9-12)14-5-6-15-16(7-14)25(18(26)20(15,3)4)19-23-10-13(2)11-24-19/h5,7-11,15H,6H2,1-4H3. The van der Waals surface area contributed by atoms with E-state index >= 15 is 0 Å². The number of rotatable bonds is 2. The Hall–Kier alpha value is -2.89. The highest BCUT2D eigenvalue weighted by atomic mass is 16.2. The van der Waals surface area contributed by atoms with Crippen LogP contribution in [-0.4, -0.2) is 25.8 Å². The molecule has 6 nitrogen and oxygen atoms in total. The molecule has 1 saturated heterocycles. The molecule has 132 valence electrons. The summed E-state index contributed by atoms with van der Waals surface area (Å²) in [6.45, 7) is 7.87. The van der Waals surface area contributed by atoms with Gasteiger partial charge in [-0.1, -0.05) is 19.9 Å². The van der Waals surface area contributed by atoms with Crippen molar-refractivity contribution in [3.05, 3.63) is 59.6 Å². The summed E-state index contributed by atoms with van der Waals surface area (Å²) in [7, 11) is 0. The Balaban J connectivity index is 1.79. The Kier molecular flexibility index (Phi) is 3.72. The molecule has 0 N–H and O–H groups in total. The number of aromatic nitrogens is 4. The summed E-state index contributed by atoms with van der Waals surface area (Å²) in [5, 5.41) is 0. The Morgan fingerprint density at radius 3 is 2.19 bits per heavy atom. The van der Waals surface area contributed by atoms with Gasteiger partial charge in [0.25, 0.3) is 0 Å². The molecule has 4 rings (SSSR count). The van der Waals surface area contributed by atoms with Crippen molar-refractivity contribution in [3.8, 4) is 0 Å². The van der Waals surface area contributed by atoms with Gasteiger partial charge in [0.1, 0.15) is 0 Å². The highest BCUT2D eigenvalue weighted by Gasteiger charge is 2.52. The van der Waals surface area contributed by atoms with Crippen LogP contribution in [0.25, 0.3) is 5.57 Å². The van der Waals surface area contributed by atoms with Crippen molar-refractivity contribution >= 4 is 17.4 Å². The van der Waals surface area contributed by atoms with Crippen LogP contribution >= 0.6 is 0 Å². The van der Waals surface area contributed by atoms with Crippen LogP contribution in [0.4, 0.5) is 5.95 Å². The molecule has 6 heteroatoms. The lowest BCUT2D eigenvalue weighted by Gasteiger charge is -2.25. The molecule has 1 unspecified atom stereocenters. The van der Waals surface area contributed by atoms with Crippen molar-refractivity contribution in [2.24, 2.45) is 11.3 Å². The highest BCUT2D eigenvalue weighted by molar-refractivity contribution is 6.03. The van der Waals surface area contributed by atoms with Gasteiger partial charge in [0, 0.05) is 42.0 Å². The Morgan fingerprint density at radius 2 is 1.58 bits per heavy atom. The third kappa shape index (κ3) is 2.53. The predicted molar refractivity (Wildman–Crippen MR) is 99.0 cm³/mol. The summed E-state index contributed by atoms with van der Waals surface area (Å²) in [6, 6.07) is 0. The van der Waals surface area contributed by atoms with Crippen molar-refractivity contribution in [1.82, 2.24) is 19.9 Å². The molecule has 2 aromatic heterocycles. The van der Waals surface area contributed by atoms with Crippen molar-refractivity contribution in [2.45, 2.75) is 34.1 Å². The second-order valence-corrected chi connectivity index (χ2v) is 7.52. The highest BCUT2D eigenvalue weighted by Crippen LogP contribution is 2.49. The van der Waals surface area contributed by atoms with Gasteiger partial charge in [-0.2, -0.15) is 0 Å². The first kappa shape index (κ1) is 16.6. The van der Waals surface area contributed by atoms with Gasteiger partial charge in [0.05, 0.1) is 5.41 Å². The fourth-order valence-corrected chi connectivity index (χ4v) is 3.53. The average Bonchev–Trinajstić information content (AvgIpc) is 2.83. The van der Waals surface area contributed by atoms with E-state index in [9.17, 15) is 4.79 Å². The monoisotopic (exact) mass is 347 g/mol. The average molecular weight is 347 g/mol. The second kappa shape index (κ2) is 5.83. The number of fused-ring (bicyclic) bond motifs is 1. The van der Waals surface area contributed by atoms with Crippen LogP contribution < -0.4 is 4.90 Å². The fourth-order valence-electron chi connectivity index (χ4n) is 3.53. The smallest absolute Gasteiger partial charge is 0.240 e. The fraction of sp³-hybridized carbons (Fsp3) is 0.350. The molecule has 0 saturated carbocycles. The van der Waals surface area contributed by atoms with Crippen LogP contribution in [0.5, 0.6) is 0 Å². The van der Waals surface area contributed by atoms with Crippen LogP contribution in [0.2, 0.25) is 0 Å². The van der Waals surface area contributed by atoms with Gasteiger partial charge < -0.3 is 0 Å². The predicted octanol–water partition coefficient (Wildman–Crippen LogP) is 3.24. The molecule has 1 atom stereocenters. The van der Waals surface area contributed by atoms with Crippen LogP contribution in [0, 0.1) is 25.2 Å². The lowest BCUT2D eigenvalue weighted by atomic mass is 9.76. The minimum absolute atomic E-state index is 0.0251. The summed E-state index contributed by atoms with van der Waals surface area (Å²) in [4.78, 5) is 32.4. The zero-order chi connectivity index (χ0) is 18.5. The second-order valence-electron chi connectivity index (χ2n) is 7.52. The molecule has 1 aliphatic carbocycles. The number of aryl methyl sites for hydroxylation is 2. The first-order valence-corrected chi connectivity index (χ1v) is 8.72. The summed E-state index contributed by atoms with van der Waals surface area (Å²) in [6.07, 6.45) is 12.0. The van der Waals surface area contributed by atoms with Gasteiger partial charge in [0.2, 0.25) is 11.9 Å². The Morgan fingerprint density at radius 1 is 1.00 bits per heavy atom. The van der Waals surface area contributed by atoms with Crippen LogP contribution in [-0.2, 0) is 4.79 Å². The number of allylic oxidation sites excluding steroid dienone is 4. The Labute approximate surface area is 152 Å². The molecule has 1 aliphatic heterocycles. The number of carbonyl (C=O) groups is 1. The van der Waals surface area contributed by atoms with E-state index in [2.05, 4.69) is 26.0 Å². The lowest BCUT2D eigenvalue weighted by molar-refractivity contribution is -0.125. The van der Waals surface area contributed by atoms with Crippen molar-refractivity contribution in [1.29, 1.82) is 0 Å². The van der Waals surface area contributed by atoms with Gasteiger partial charge in [-0.25, -0.2) is 19.9 Å². The molecule has 2 aromatic rings. The first-order chi connectivity index (χ1) is 12.4. The minimum Gasteiger partial charge on any atom is -0.273 e. The van der Waals surface area contributed by atoms with E-state index in [1.807, 2.05) is 33.8 Å². The van der Waals surface area contributed by atoms with Crippen molar-refractivity contribution in [3.63, 3.8) is 0 Å². The number of anilines is 1. The molecule has 0 aromatic carbocycles. The van der Waals surface area contributed by atoms with Crippen LogP contribution in [0.3, 0.4) is 0 Å². The van der Waals surface area contributed by atoms with E-state index < -0.39 is 5.41 Å². The molecule has 1 amide bonds. The lowest BCUT2D eigenvalue weighted by Crippen LogP contribution is -2.32. The third-order valence-electron chi connectivity index (χ3n) is 5.12. The molecular weight excluding hydrogens is 326 g/mol. The van der Waals surface area contributed by atoms with E-state index in [0.717, 1.165) is 28.8 Å². The third-order valence-corrected chi connectivity index (χ3v) is 5.12. The normalized spacial score (nSPS) is 21.3. The number of hydrogen-bond acceptors (Lipinski definition) is 5. The molecular formula is C20H21N5O. The SMILES string of the molecule is Cc1cnc(C2=CCC3C(=C2)N(c2ncc(C)cn2)C(=O)C3(C)C)nc1. The molecule has 3 heterocycles. The van der Waals surface area contributed by atoms with Gasteiger partial charge >= 0.3 is 0 Å². The zero-order valence-electron chi connectivity index (χ0n) is 15.4. The number of nitrogens with zero attached hydrogens (tertiary/aromatic N) is 5. The van der Waals surface area contributed by atoms with Crippen molar-refractivity contribution in [2.75, 3.05) is 4.90 Å². The Bertz CT molecular complexity index is 926. The molecule has 2 aliphatic rings. The molecule has 1 fully saturated rings. The summed E-state index contributed by atoms with van der Waals surface area (Å²) < 4.78 is 0.